The van der Waals surface area contributed by atoms with Crippen LogP contribution in [0.3, 0.4) is 0 Å². The van der Waals surface area contributed by atoms with Gasteiger partial charge in [0.05, 0.1) is 0 Å². The summed E-state index contributed by atoms with van der Waals surface area (Å²) in [5, 5.41) is 3.78. The maximum atomic E-state index is 3.78. The van der Waals surface area contributed by atoms with E-state index in [0.29, 0.717) is 5.54 Å². The van der Waals surface area contributed by atoms with Gasteiger partial charge in [-0.2, -0.15) is 0 Å². The second-order valence-electron chi connectivity index (χ2n) is 4.75. The van der Waals surface area contributed by atoms with Crippen molar-refractivity contribution in [2.45, 2.75) is 50.5 Å². The van der Waals surface area contributed by atoms with Gasteiger partial charge in [0.1, 0.15) is 0 Å². The van der Waals surface area contributed by atoms with Crippen molar-refractivity contribution in [2.75, 3.05) is 6.54 Å². The summed E-state index contributed by atoms with van der Waals surface area (Å²) in [6.45, 7) is 1.31. The lowest BCUT2D eigenvalue weighted by molar-refractivity contribution is 0.262. The molecule has 1 N–H and O–H groups in total. The molecule has 1 heteroatoms. The van der Waals surface area contributed by atoms with Crippen LogP contribution in [0.5, 0.6) is 0 Å². The van der Waals surface area contributed by atoms with Crippen LogP contribution >= 0.6 is 0 Å². The molecule has 2 aliphatic carbocycles. The van der Waals surface area contributed by atoms with Crippen LogP contribution in [0.2, 0.25) is 0 Å². The first kappa shape index (κ1) is 6.47. The number of nitrogens with one attached hydrogen (secondary N) is 1. The molecule has 3 fully saturated rings. The molecule has 0 unspecified atom stereocenters. The van der Waals surface area contributed by atoms with Crippen LogP contribution in [0.1, 0.15) is 44.9 Å². The molecule has 0 bridgehead atoms. The number of fused-ring (bicyclic) bond motifs is 1. The number of hydrogen-bond acceptors (Lipinski definition) is 1. The lowest BCUT2D eigenvalue weighted by Crippen LogP contribution is -2.43. The summed E-state index contributed by atoms with van der Waals surface area (Å²) in [5.41, 5.74) is 1.45. The number of hydrogen-bond donors (Lipinski definition) is 1. The van der Waals surface area contributed by atoms with E-state index < -0.39 is 0 Å². The summed E-state index contributed by atoms with van der Waals surface area (Å²) >= 11 is 0. The van der Waals surface area contributed by atoms with Crippen LogP contribution in [0, 0.1) is 5.41 Å². The van der Waals surface area contributed by atoms with Crippen molar-refractivity contribution in [3.05, 3.63) is 0 Å². The van der Waals surface area contributed by atoms with Crippen LogP contribution in [0.15, 0.2) is 0 Å². The number of rotatable bonds is 0. The van der Waals surface area contributed by atoms with Gasteiger partial charge < -0.3 is 5.32 Å². The molecule has 1 nitrogen and oxygen atoms in total. The maximum Gasteiger partial charge on any atom is 0.0238 e. The van der Waals surface area contributed by atoms with E-state index in [2.05, 4.69) is 5.32 Å². The van der Waals surface area contributed by atoms with E-state index in [-0.39, 0.29) is 0 Å². The van der Waals surface area contributed by atoms with E-state index in [9.17, 15) is 0 Å². The molecule has 11 heavy (non-hydrogen) atoms. The van der Waals surface area contributed by atoms with Crippen LogP contribution in [-0.2, 0) is 0 Å². The van der Waals surface area contributed by atoms with Crippen LogP contribution < -0.4 is 5.32 Å². The average molecular weight is 151 g/mol. The molecule has 2 spiro atoms. The third-order valence-corrected chi connectivity index (χ3v) is 4.39. The van der Waals surface area contributed by atoms with Crippen LogP contribution in [0.25, 0.3) is 0 Å². The quantitative estimate of drug-likeness (QED) is 0.559. The minimum absolute atomic E-state index is 0.646. The first-order valence-corrected chi connectivity index (χ1v) is 5.12. The average Bonchev–Trinajstić information content (AvgIpc) is 2.55. The predicted molar refractivity (Wildman–Crippen MR) is 45.5 cm³/mol. The molecule has 0 aromatic heterocycles. The molecule has 0 radical (unpaired) electrons. The molecule has 2 saturated carbocycles. The Balaban J connectivity index is 1.94. The largest absolute Gasteiger partial charge is 0.311 e. The zero-order chi connectivity index (χ0) is 7.36. The van der Waals surface area contributed by atoms with Crippen molar-refractivity contribution in [1.29, 1.82) is 0 Å². The van der Waals surface area contributed by atoms with E-state index in [0.717, 1.165) is 5.41 Å². The third kappa shape index (κ3) is 0.658. The van der Waals surface area contributed by atoms with Gasteiger partial charge in [0, 0.05) is 5.54 Å². The molecular formula is C10H17N. The summed E-state index contributed by atoms with van der Waals surface area (Å²) in [7, 11) is 0. The monoisotopic (exact) mass is 151 g/mol. The molecule has 3 aliphatic rings. The van der Waals surface area contributed by atoms with Crippen molar-refractivity contribution < 1.29 is 0 Å². The highest BCUT2D eigenvalue weighted by atomic mass is 15.1. The summed E-state index contributed by atoms with van der Waals surface area (Å²) in [5.74, 6) is 0. The van der Waals surface area contributed by atoms with Gasteiger partial charge in [-0.15, -0.1) is 0 Å². The van der Waals surface area contributed by atoms with Crippen molar-refractivity contribution in [3.63, 3.8) is 0 Å². The molecule has 0 aromatic rings. The summed E-state index contributed by atoms with van der Waals surface area (Å²) in [4.78, 5) is 0. The molecule has 1 aliphatic heterocycles. The zero-order valence-corrected chi connectivity index (χ0v) is 7.16. The van der Waals surface area contributed by atoms with Gasteiger partial charge in [-0.3, -0.25) is 0 Å². The molecule has 0 atom stereocenters. The second kappa shape index (κ2) is 1.82. The minimum Gasteiger partial charge on any atom is -0.311 e. The fourth-order valence-corrected chi connectivity index (χ4v) is 3.53. The smallest absolute Gasteiger partial charge is 0.0238 e. The van der Waals surface area contributed by atoms with E-state index in [1.165, 1.54) is 51.5 Å². The van der Waals surface area contributed by atoms with E-state index in [1.54, 1.807) is 0 Å². The van der Waals surface area contributed by atoms with Gasteiger partial charge in [-0.05, 0) is 44.1 Å². The van der Waals surface area contributed by atoms with E-state index >= 15 is 0 Å². The minimum atomic E-state index is 0.646. The van der Waals surface area contributed by atoms with Gasteiger partial charge in [0.25, 0.3) is 0 Å². The Labute approximate surface area is 68.6 Å². The lowest BCUT2D eigenvalue weighted by atomic mass is 9.81. The predicted octanol–water partition coefficient (Wildman–Crippen LogP) is 2.07. The van der Waals surface area contributed by atoms with Crippen molar-refractivity contribution in [1.82, 2.24) is 5.32 Å². The fourth-order valence-electron chi connectivity index (χ4n) is 3.53. The Morgan fingerprint density at radius 1 is 0.818 bits per heavy atom. The highest BCUT2D eigenvalue weighted by molar-refractivity contribution is 5.17. The molecule has 0 aromatic carbocycles. The lowest BCUT2D eigenvalue weighted by Gasteiger charge is -2.31. The zero-order valence-electron chi connectivity index (χ0n) is 7.16. The Morgan fingerprint density at radius 3 is 2.18 bits per heavy atom. The highest BCUT2D eigenvalue weighted by Gasteiger charge is 2.61. The second-order valence-corrected chi connectivity index (χ2v) is 4.75. The Bertz CT molecular complexity index is 170. The van der Waals surface area contributed by atoms with E-state index in [1.807, 2.05) is 0 Å². The first-order chi connectivity index (χ1) is 5.37. The topological polar surface area (TPSA) is 12.0 Å². The third-order valence-electron chi connectivity index (χ3n) is 4.39. The Kier molecular flexibility index (Phi) is 1.07. The summed E-state index contributed by atoms with van der Waals surface area (Å²) < 4.78 is 0. The molecule has 3 rings (SSSR count). The van der Waals surface area contributed by atoms with Crippen LogP contribution in [-0.4, -0.2) is 12.1 Å². The maximum absolute atomic E-state index is 3.78. The summed E-state index contributed by atoms with van der Waals surface area (Å²) in [6.07, 6.45) is 10.5. The molecule has 62 valence electrons. The van der Waals surface area contributed by atoms with Crippen molar-refractivity contribution in [2.24, 2.45) is 5.41 Å². The van der Waals surface area contributed by atoms with Gasteiger partial charge >= 0.3 is 0 Å². The van der Waals surface area contributed by atoms with Crippen LogP contribution in [0.4, 0.5) is 0 Å². The summed E-state index contributed by atoms with van der Waals surface area (Å²) in [6, 6.07) is 0. The molecular weight excluding hydrogens is 134 g/mol. The Morgan fingerprint density at radius 2 is 1.55 bits per heavy atom. The van der Waals surface area contributed by atoms with Crippen molar-refractivity contribution in [3.8, 4) is 0 Å². The Hall–Kier alpha value is -0.0400. The highest BCUT2D eigenvalue weighted by Crippen LogP contribution is 2.63. The van der Waals surface area contributed by atoms with Gasteiger partial charge in [-0.1, -0.05) is 12.8 Å². The van der Waals surface area contributed by atoms with Gasteiger partial charge in [-0.25, -0.2) is 0 Å². The normalized spacial score (nSPS) is 37.1. The van der Waals surface area contributed by atoms with Gasteiger partial charge in [0.2, 0.25) is 0 Å². The standard InChI is InChI=1S/C10H17N/c1-2-4-10(3-1)9(5-6-9)7-8-11-10/h11H,1-8H2. The SMILES string of the molecule is C1CCC2(C1)NCCC21CC1. The molecule has 0 amide bonds. The van der Waals surface area contributed by atoms with Crippen molar-refractivity contribution >= 4 is 0 Å². The molecule has 1 saturated heterocycles. The fraction of sp³-hybridized carbons (Fsp3) is 1.00. The van der Waals surface area contributed by atoms with Gasteiger partial charge in [0.15, 0.2) is 0 Å². The first-order valence-electron chi connectivity index (χ1n) is 5.12. The van der Waals surface area contributed by atoms with E-state index in [4.69, 9.17) is 0 Å². The molecule has 1 heterocycles.